The van der Waals surface area contributed by atoms with Crippen LogP contribution in [0.5, 0.6) is 0 Å². The van der Waals surface area contributed by atoms with E-state index in [9.17, 15) is 0 Å². The molecule has 0 heterocycles. The summed E-state index contributed by atoms with van der Waals surface area (Å²) in [7, 11) is 0. The Hall–Kier alpha value is -0.760. The average molecular weight is 340 g/mol. The van der Waals surface area contributed by atoms with Crippen LogP contribution < -0.4 is 0 Å². The van der Waals surface area contributed by atoms with Crippen molar-refractivity contribution < 1.29 is 0 Å². The Balaban J connectivity index is 2.54. The second-order valence-electron chi connectivity index (χ2n) is 4.19. The van der Waals surface area contributed by atoms with Gasteiger partial charge >= 0.3 is 0 Å². The normalized spacial score (nSPS) is 11.3. The smallest absolute Gasteiger partial charge is 0.0563 e. The number of fused-ring (bicyclic) bond motifs is 2. The highest BCUT2D eigenvalue weighted by Crippen LogP contribution is 2.39. The molecule has 0 aromatic heterocycles. The predicted molar refractivity (Wildman–Crippen MR) is 84.1 cm³/mol. The summed E-state index contributed by atoms with van der Waals surface area (Å²) in [4.78, 5) is 0. The zero-order chi connectivity index (χ0) is 12.7. The van der Waals surface area contributed by atoms with E-state index < -0.39 is 0 Å². The Bertz CT molecular complexity index is 750. The maximum absolute atomic E-state index is 6.50. The van der Waals surface area contributed by atoms with Gasteiger partial charge in [0.05, 0.1) is 10.0 Å². The van der Waals surface area contributed by atoms with Crippen molar-refractivity contribution in [1.29, 1.82) is 0 Å². The zero-order valence-electron chi connectivity index (χ0n) is 9.38. The molecule has 0 aliphatic carbocycles. The molecule has 3 aromatic carbocycles. The van der Waals surface area contributed by atoms with Crippen molar-refractivity contribution in [3.8, 4) is 0 Å². The van der Waals surface area contributed by atoms with E-state index in [0.717, 1.165) is 36.9 Å². The van der Waals surface area contributed by atoms with E-state index in [1.165, 1.54) is 5.56 Å². The monoisotopic (exact) mass is 338 g/mol. The van der Waals surface area contributed by atoms with E-state index in [-0.39, 0.29) is 0 Å². The lowest BCUT2D eigenvalue weighted by molar-refractivity contribution is 1.47. The van der Waals surface area contributed by atoms with Gasteiger partial charge in [-0.15, -0.1) is 0 Å². The van der Waals surface area contributed by atoms with Crippen molar-refractivity contribution in [1.82, 2.24) is 0 Å². The highest BCUT2D eigenvalue weighted by molar-refractivity contribution is 9.08. The number of halogens is 3. The van der Waals surface area contributed by atoms with Crippen molar-refractivity contribution in [2.45, 2.75) is 5.33 Å². The van der Waals surface area contributed by atoms with Gasteiger partial charge in [0, 0.05) is 26.9 Å². The largest absolute Gasteiger partial charge is 0.0876 e. The third kappa shape index (κ3) is 1.82. The van der Waals surface area contributed by atoms with Gasteiger partial charge in [-0.25, -0.2) is 0 Å². The highest BCUT2D eigenvalue weighted by Gasteiger charge is 2.11. The minimum atomic E-state index is 0.770. The summed E-state index contributed by atoms with van der Waals surface area (Å²) >= 11 is 16.4. The third-order valence-electron chi connectivity index (χ3n) is 3.11. The molecule has 0 atom stereocenters. The molecule has 0 fully saturated rings. The van der Waals surface area contributed by atoms with Crippen LogP contribution in [0.1, 0.15) is 5.56 Å². The fraction of sp³-hybridized carbons (Fsp3) is 0.0667. The SMILES string of the molecule is Clc1c2ccccc2c(Cl)c2cc(CBr)ccc12. The average Bonchev–Trinajstić information content (AvgIpc) is 2.44. The fourth-order valence-corrected chi connectivity index (χ4v) is 3.20. The number of hydrogen-bond donors (Lipinski definition) is 0. The molecule has 3 heteroatoms. The van der Waals surface area contributed by atoms with Crippen molar-refractivity contribution in [2.24, 2.45) is 0 Å². The van der Waals surface area contributed by atoms with Crippen molar-refractivity contribution in [3.05, 3.63) is 58.1 Å². The molecule has 90 valence electrons. The topological polar surface area (TPSA) is 0 Å². The lowest BCUT2D eigenvalue weighted by atomic mass is 10.0. The first-order chi connectivity index (χ1) is 8.72. The van der Waals surface area contributed by atoms with Crippen molar-refractivity contribution in [2.75, 3.05) is 0 Å². The van der Waals surface area contributed by atoms with Crippen LogP contribution in [-0.2, 0) is 5.33 Å². The van der Waals surface area contributed by atoms with Crippen molar-refractivity contribution >= 4 is 60.7 Å². The predicted octanol–water partition coefficient (Wildman–Crippen LogP) is 6.19. The number of hydrogen-bond acceptors (Lipinski definition) is 0. The molecular weight excluding hydrogens is 331 g/mol. The summed E-state index contributed by atoms with van der Waals surface area (Å²) in [6.07, 6.45) is 0. The number of alkyl halides is 1. The van der Waals surface area contributed by atoms with Gasteiger partial charge in [0.25, 0.3) is 0 Å². The molecule has 0 spiro atoms. The number of rotatable bonds is 1. The van der Waals surface area contributed by atoms with Gasteiger partial charge in [-0.3, -0.25) is 0 Å². The molecule has 0 aliphatic rings. The summed E-state index contributed by atoms with van der Waals surface area (Å²) in [5, 5.41) is 6.37. The fourth-order valence-electron chi connectivity index (χ4n) is 2.20. The standard InChI is InChI=1S/C15H9BrCl2/c16-8-9-5-6-12-13(7-9)15(18)11-4-2-1-3-10(11)14(12)17/h1-7H,8H2. The minimum Gasteiger partial charge on any atom is -0.0876 e. The Kier molecular flexibility index (Phi) is 3.23. The first-order valence-corrected chi connectivity index (χ1v) is 7.44. The first-order valence-electron chi connectivity index (χ1n) is 5.56. The lowest BCUT2D eigenvalue weighted by Crippen LogP contribution is -1.84. The van der Waals surface area contributed by atoms with Gasteiger partial charge < -0.3 is 0 Å². The summed E-state index contributed by atoms with van der Waals surface area (Å²) in [6, 6.07) is 14.1. The summed E-state index contributed by atoms with van der Waals surface area (Å²) < 4.78 is 0. The summed E-state index contributed by atoms with van der Waals surface area (Å²) in [5.74, 6) is 0. The maximum atomic E-state index is 6.50. The van der Waals surface area contributed by atoms with Gasteiger partial charge in [-0.1, -0.05) is 75.5 Å². The first kappa shape index (κ1) is 12.3. The van der Waals surface area contributed by atoms with Gasteiger partial charge in [0.2, 0.25) is 0 Å². The molecule has 0 amide bonds. The molecule has 0 aliphatic heterocycles. The Morgan fingerprint density at radius 3 is 1.94 bits per heavy atom. The van der Waals surface area contributed by atoms with Crippen LogP contribution in [0.25, 0.3) is 21.5 Å². The second kappa shape index (κ2) is 4.73. The molecule has 0 saturated heterocycles. The molecule has 0 bridgehead atoms. The van der Waals surface area contributed by atoms with E-state index in [2.05, 4.69) is 28.1 Å². The molecule has 3 rings (SSSR count). The molecular formula is C15H9BrCl2. The Morgan fingerprint density at radius 2 is 1.33 bits per heavy atom. The van der Waals surface area contributed by atoms with Crippen LogP contribution >= 0.6 is 39.1 Å². The Labute approximate surface area is 124 Å². The van der Waals surface area contributed by atoms with Gasteiger partial charge in [0.1, 0.15) is 0 Å². The molecule has 0 saturated carbocycles. The summed E-state index contributed by atoms with van der Waals surface area (Å²) in [5.41, 5.74) is 1.19. The van der Waals surface area contributed by atoms with Crippen LogP contribution in [-0.4, -0.2) is 0 Å². The van der Waals surface area contributed by atoms with Gasteiger partial charge in [-0.05, 0) is 11.6 Å². The zero-order valence-corrected chi connectivity index (χ0v) is 12.5. The van der Waals surface area contributed by atoms with Crippen LogP contribution in [0.15, 0.2) is 42.5 Å². The molecule has 0 unspecified atom stereocenters. The molecule has 0 nitrogen and oxygen atoms in total. The quantitative estimate of drug-likeness (QED) is 0.366. The molecule has 3 aromatic rings. The van der Waals surface area contributed by atoms with E-state index in [4.69, 9.17) is 23.2 Å². The van der Waals surface area contributed by atoms with Crippen LogP contribution in [0.2, 0.25) is 10.0 Å². The number of benzene rings is 3. The van der Waals surface area contributed by atoms with Gasteiger partial charge in [-0.2, -0.15) is 0 Å². The minimum absolute atomic E-state index is 0.770. The Morgan fingerprint density at radius 1 is 0.778 bits per heavy atom. The van der Waals surface area contributed by atoms with E-state index in [0.29, 0.717) is 0 Å². The van der Waals surface area contributed by atoms with Crippen LogP contribution in [0.3, 0.4) is 0 Å². The van der Waals surface area contributed by atoms with E-state index in [1.54, 1.807) is 0 Å². The highest BCUT2D eigenvalue weighted by atomic mass is 79.9. The summed E-state index contributed by atoms with van der Waals surface area (Å²) in [6.45, 7) is 0. The maximum Gasteiger partial charge on any atom is 0.0563 e. The van der Waals surface area contributed by atoms with Crippen LogP contribution in [0, 0.1) is 0 Å². The van der Waals surface area contributed by atoms with Gasteiger partial charge in [0.15, 0.2) is 0 Å². The van der Waals surface area contributed by atoms with Crippen LogP contribution in [0.4, 0.5) is 0 Å². The molecule has 0 N–H and O–H groups in total. The van der Waals surface area contributed by atoms with Crippen molar-refractivity contribution in [3.63, 3.8) is 0 Å². The molecule has 0 radical (unpaired) electrons. The second-order valence-corrected chi connectivity index (χ2v) is 5.50. The van der Waals surface area contributed by atoms with E-state index >= 15 is 0 Å². The molecule has 18 heavy (non-hydrogen) atoms. The lowest BCUT2D eigenvalue weighted by Gasteiger charge is -2.10. The third-order valence-corrected chi connectivity index (χ3v) is 4.57. The van der Waals surface area contributed by atoms with E-state index in [1.807, 2.05) is 30.3 Å².